The second-order valence-electron chi connectivity index (χ2n) is 4.00. The number of hydrogen-bond acceptors (Lipinski definition) is 3. The number of ether oxygens (including phenoxy) is 1. The maximum absolute atomic E-state index is 13.4. The molecule has 2 rings (SSSR count). The Morgan fingerprint density at radius 1 is 1.35 bits per heavy atom. The molecule has 0 radical (unpaired) electrons. The molecule has 0 unspecified atom stereocenters. The molecule has 2 aromatic rings. The number of methoxy groups -OCH3 is 1. The molecule has 0 spiro atoms. The number of carbonyl (C=O) groups excluding carboxylic acids is 1. The minimum Gasteiger partial charge on any atom is -0.497 e. The molecular weight excluding hydrogens is 266 g/mol. The number of hydrogen-bond donors (Lipinski definition) is 1. The summed E-state index contributed by atoms with van der Waals surface area (Å²) >= 11 is 0. The summed E-state index contributed by atoms with van der Waals surface area (Å²) in [5, 5.41) is 2.51. The predicted molar refractivity (Wildman–Crippen MR) is 68.3 cm³/mol. The minimum atomic E-state index is -1.29. The van der Waals surface area contributed by atoms with Gasteiger partial charge in [0.1, 0.15) is 5.75 Å². The van der Waals surface area contributed by atoms with Crippen LogP contribution in [-0.2, 0) is 6.54 Å². The van der Waals surface area contributed by atoms with Crippen LogP contribution in [-0.4, -0.2) is 18.0 Å². The van der Waals surface area contributed by atoms with Crippen molar-refractivity contribution < 1.29 is 18.3 Å². The fourth-order valence-electron chi connectivity index (χ4n) is 1.65. The van der Waals surface area contributed by atoms with Crippen molar-refractivity contribution in [3.63, 3.8) is 0 Å². The maximum Gasteiger partial charge on any atom is 0.254 e. The molecule has 0 saturated heterocycles. The average molecular weight is 278 g/mol. The fourth-order valence-corrected chi connectivity index (χ4v) is 1.65. The molecule has 1 heterocycles. The van der Waals surface area contributed by atoms with Crippen LogP contribution in [0.1, 0.15) is 15.9 Å². The first-order chi connectivity index (χ1) is 9.61. The zero-order valence-corrected chi connectivity index (χ0v) is 10.7. The van der Waals surface area contributed by atoms with Crippen LogP contribution in [0.4, 0.5) is 8.78 Å². The summed E-state index contributed by atoms with van der Waals surface area (Å²) in [5.41, 5.74) is 0.410. The summed E-state index contributed by atoms with van der Waals surface area (Å²) in [6, 6.07) is 8.19. The Morgan fingerprint density at radius 2 is 2.15 bits per heavy atom. The molecule has 0 aliphatic rings. The van der Waals surface area contributed by atoms with Crippen molar-refractivity contribution in [2.24, 2.45) is 0 Å². The van der Waals surface area contributed by atoms with Crippen molar-refractivity contribution in [1.82, 2.24) is 10.3 Å². The summed E-state index contributed by atoms with van der Waals surface area (Å²) in [5.74, 6) is -2.60. The Morgan fingerprint density at radius 3 is 2.90 bits per heavy atom. The van der Waals surface area contributed by atoms with Crippen molar-refractivity contribution >= 4 is 5.91 Å². The molecule has 0 aliphatic carbocycles. The lowest BCUT2D eigenvalue weighted by molar-refractivity contribution is 0.0945. The van der Waals surface area contributed by atoms with Crippen molar-refractivity contribution in [1.29, 1.82) is 0 Å². The molecule has 0 aliphatic heterocycles. The van der Waals surface area contributed by atoms with Crippen LogP contribution in [0.3, 0.4) is 0 Å². The first-order valence-corrected chi connectivity index (χ1v) is 5.83. The van der Waals surface area contributed by atoms with Gasteiger partial charge in [-0.3, -0.25) is 4.79 Å². The van der Waals surface area contributed by atoms with E-state index in [0.717, 1.165) is 17.8 Å². The van der Waals surface area contributed by atoms with Crippen LogP contribution in [0, 0.1) is 11.8 Å². The Labute approximate surface area is 114 Å². The summed E-state index contributed by atoms with van der Waals surface area (Å²) in [6.07, 6.45) is 1.04. The highest BCUT2D eigenvalue weighted by Gasteiger charge is 2.15. The van der Waals surface area contributed by atoms with Crippen LogP contribution in [0.5, 0.6) is 5.75 Å². The minimum absolute atomic E-state index is 0.180. The molecule has 104 valence electrons. The second kappa shape index (κ2) is 6.10. The van der Waals surface area contributed by atoms with Crippen LogP contribution in [0.2, 0.25) is 0 Å². The van der Waals surface area contributed by atoms with Gasteiger partial charge in [0.05, 0.1) is 12.7 Å². The summed E-state index contributed by atoms with van der Waals surface area (Å²) in [7, 11) is 1.53. The molecule has 4 nitrogen and oxygen atoms in total. The zero-order chi connectivity index (χ0) is 14.5. The lowest BCUT2D eigenvalue weighted by Gasteiger charge is -2.07. The molecule has 0 atom stereocenters. The number of benzene rings is 1. The van der Waals surface area contributed by atoms with E-state index in [-0.39, 0.29) is 12.1 Å². The topological polar surface area (TPSA) is 51.2 Å². The second-order valence-corrected chi connectivity index (χ2v) is 4.00. The summed E-state index contributed by atoms with van der Waals surface area (Å²) < 4.78 is 31.3. The van der Waals surface area contributed by atoms with Gasteiger partial charge in [-0.05, 0) is 23.8 Å². The SMILES string of the molecule is COc1cccc(CNC(=O)c2ccnc(F)c2F)c1. The smallest absolute Gasteiger partial charge is 0.254 e. The van der Waals surface area contributed by atoms with E-state index in [9.17, 15) is 13.6 Å². The predicted octanol–water partition coefficient (Wildman–Crippen LogP) is 2.30. The Hall–Kier alpha value is -2.50. The van der Waals surface area contributed by atoms with Gasteiger partial charge in [-0.15, -0.1) is 0 Å². The highest BCUT2D eigenvalue weighted by atomic mass is 19.2. The number of amides is 1. The first kappa shape index (κ1) is 13.9. The molecule has 1 N–H and O–H groups in total. The zero-order valence-electron chi connectivity index (χ0n) is 10.7. The Balaban J connectivity index is 2.06. The normalized spacial score (nSPS) is 10.2. The Kier molecular flexibility index (Phi) is 4.24. The lowest BCUT2D eigenvalue weighted by Crippen LogP contribution is -2.24. The molecule has 20 heavy (non-hydrogen) atoms. The fraction of sp³-hybridized carbons (Fsp3) is 0.143. The highest BCUT2D eigenvalue weighted by Crippen LogP contribution is 2.13. The van der Waals surface area contributed by atoms with Gasteiger partial charge in [0.15, 0.2) is 5.82 Å². The molecule has 0 fully saturated rings. The summed E-state index contributed by atoms with van der Waals surface area (Å²) in [4.78, 5) is 14.9. The highest BCUT2D eigenvalue weighted by molar-refractivity contribution is 5.94. The van der Waals surface area contributed by atoms with Gasteiger partial charge in [-0.1, -0.05) is 12.1 Å². The number of halogens is 2. The van der Waals surface area contributed by atoms with E-state index < -0.39 is 17.7 Å². The molecular formula is C14H12F2N2O2. The quantitative estimate of drug-likeness (QED) is 0.873. The third-order valence-corrected chi connectivity index (χ3v) is 2.68. The van der Waals surface area contributed by atoms with Gasteiger partial charge in [0.2, 0.25) is 5.95 Å². The number of aromatic nitrogens is 1. The lowest BCUT2D eigenvalue weighted by atomic mass is 10.2. The van der Waals surface area contributed by atoms with Crippen molar-refractivity contribution in [3.8, 4) is 5.75 Å². The van der Waals surface area contributed by atoms with Gasteiger partial charge in [0, 0.05) is 12.7 Å². The summed E-state index contributed by atoms with van der Waals surface area (Å²) in [6.45, 7) is 0.180. The largest absolute Gasteiger partial charge is 0.497 e. The molecule has 1 aromatic carbocycles. The van der Waals surface area contributed by atoms with Gasteiger partial charge < -0.3 is 10.1 Å². The third-order valence-electron chi connectivity index (χ3n) is 2.68. The number of pyridine rings is 1. The standard InChI is InChI=1S/C14H12F2N2O2/c1-20-10-4-2-3-9(7-10)8-18-14(19)11-5-6-17-13(16)12(11)15/h2-7H,8H2,1H3,(H,18,19). The first-order valence-electron chi connectivity index (χ1n) is 5.83. The van der Waals surface area contributed by atoms with Crippen molar-refractivity contribution in [2.45, 2.75) is 6.54 Å². The van der Waals surface area contributed by atoms with E-state index in [1.807, 2.05) is 0 Å². The van der Waals surface area contributed by atoms with E-state index in [1.54, 1.807) is 24.3 Å². The van der Waals surface area contributed by atoms with Crippen LogP contribution in [0.25, 0.3) is 0 Å². The Bertz CT molecular complexity index is 632. The number of carbonyl (C=O) groups is 1. The molecule has 1 aromatic heterocycles. The molecule has 0 bridgehead atoms. The van der Waals surface area contributed by atoms with E-state index >= 15 is 0 Å². The van der Waals surface area contributed by atoms with Gasteiger partial charge >= 0.3 is 0 Å². The number of nitrogens with zero attached hydrogens (tertiary/aromatic N) is 1. The molecule has 0 saturated carbocycles. The van der Waals surface area contributed by atoms with E-state index in [2.05, 4.69) is 10.3 Å². The van der Waals surface area contributed by atoms with Crippen molar-refractivity contribution in [2.75, 3.05) is 7.11 Å². The number of rotatable bonds is 4. The van der Waals surface area contributed by atoms with Gasteiger partial charge in [-0.2, -0.15) is 4.39 Å². The van der Waals surface area contributed by atoms with Crippen molar-refractivity contribution in [3.05, 3.63) is 59.4 Å². The van der Waals surface area contributed by atoms with E-state index in [4.69, 9.17) is 4.74 Å². The molecule has 1 amide bonds. The maximum atomic E-state index is 13.4. The third kappa shape index (κ3) is 3.09. The van der Waals surface area contributed by atoms with E-state index in [0.29, 0.717) is 5.75 Å². The average Bonchev–Trinajstić information content (AvgIpc) is 2.48. The van der Waals surface area contributed by atoms with Crippen LogP contribution in [0.15, 0.2) is 36.5 Å². The van der Waals surface area contributed by atoms with Crippen LogP contribution >= 0.6 is 0 Å². The monoisotopic (exact) mass is 278 g/mol. The van der Waals surface area contributed by atoms with Gasteiger partial charge in [-0.25, -0.2) is 9.37 Å². The van der Waals surface area contributed by atoms with E-state index in [1.165, 1.54) is 7.11 Å². The van der Waals surface area contributed by atoms with Crippen LogP contribution < -0.4 is 10.1 Å². The number of nitrogens with one attached hydrogen (secondary N) is 1. The van der Waals surface area contributed by atoms with Gasteiger partial charge in [0.25, 0.3) is 5.91 Å². The molecule has 6 heteroatoms.